The van der Waals surface area contributed by atoms with E-state index in [1.807, 2.05) is 51.1 Å². The van der Waals surface area contributed by atoms with Crippen molar-refractivity contribution in [3.63, 3.8) is 0 Å². The number of aryl methyl sites for hydroxylation is 2. The summed E-state index contributed by atoms with van der Waals surface area (Å²) in [6, 6.07) is 13.2. The number of hydrogen-bond acceptors (Lipinski definition) is 4. The molecule has 0 saturated carbocycles. The van der Waals surface area contributed by atoms with E-state index in [0.29, 0.717) is 17.1 Å². The number of hydrogen-bond donors (Lipinski definition) is 2. The molecule has 0 radical (unpaired) electrons. The van der Waals surface area contributed by atoms with Crippen LogP contribution < -0.4 is 15.9 Å². The van der Waals surface area contributed by atoms with Gasteiger partial charge in [0.05, 0.1) is 5.71 Å². The average molecular weight is 311 g/mol. The van der Waals surface area contributed by atoms with E-state index in [-0.39, 0.29) is 12.5 Å². The van der Waals surface area contributed by atoms with Crippen LogP contribution in [0.5, 0.6) is 5.75 Å². The Kier molecular flexibility index (Phi) is 5.36. The Morgan fingerprint density at radius 2 is 1.87 bits per heavy atom. The molecule has 0 bridgehead atoms. The lowest BCUT2D eigenvalue weighted by Gasteiger charge is -2.09. The van der Waals surface area contributed by atoms with Gasteiger partial charge in [0, 0.05) is 5.69 Å². The average Bonchev–Trinajstić information content (AvgIpc) is 2.54. The van der Waals surface area contributed by atoms with Gasteiger partial charge in [-0.25, -0.2) is 5.43 Å². The van der Waals surface area contributed by atoms with Crippen molar-refractivity contribution in [2.75, 3.05) is 12.3 Å². The maximum atomic E-state index is 11.8. The summed E-state index contributed by atoms with van der Waals surface area (Å²) in [5.74, 6) is 0.403. The van der Waals surface area contributed by atoms with Gasteiger partial charge in [-0.1, -0.05) is 24.3 Å². The second kappa shape index (κ2) is 7.45. The smallest absolute Gasteiger partial charge is 0.277 e. The lowest BCUT2D eigenvalue weighted by atomic mass is 10.1. The third kappa shape index (κ3) is 4.85. The molecule has 3 N–H and O–H groups in total. The van der Waals surface area contributed by atoms with Crippen molar-refractivity contribution in [2.24, 2.45) is 5.10 Å². The molecule has 0 saturated heterocycles. The van der Waals surface area contributed by atoms with E-state index in [4.69, 9.17) is 10.5 Å². The molecular weight excluding hydrogens is 290 g/mol. The fourth-order valence-electron chi connectivity index (χ4n) is 1.97. The third-order valence-corrected chi connectivity index (χ3v) is 3.38. The first kappa shape index (κ1) is 16.5. The highest BCUT2D eigenvalue weighted by atomic mass is 16.5. The lowest BCUT2D eigenvalue weighted by Crippen LogP contribution is -2.25. The number of anilines is 1. The van der Waals surface area contributed by atoms with Gasteiger partial charge in [-0.15, -0.1) is 0 Å². The van der Waals surface area contributed by atoms with Crippen LogP contribution >= 0.6 is 0 Å². The normalized spacial score (nSPS) is 11.2. The molecule has 0 aromatic heterocycles. The Labute approximate surface area is 136 Å². The summed E-state index contributed by atoms with van der Waals surface area (Å²) in [7, 11) is 0. The van der Waals surface area contributed by atoms with Crippen LogP contribution in [0.3, 0.4) is 0 Å². The molecule has 0 spiro atoms. The van der Waals surface area contributed by atoms with E-state index < -0.39 is 0 Å². The van der Waals surface area contributed by atoms with E-state index in [0.717, 1.165) is 16.7 Å². The highest BCUT2D eigenvalue weighted by Gasteiger charge is 2.05. The molecule has 0 unspecified atom stereocenters. The summed E-state index contributed by atoms with van der Waals surface area (Å²) in [6.45, 7) is 5.66. The summed E-state index contributed by atoms with van der Waals surface area (Å²) in [5, 5.41) is 4.07. The molecule has 23 heavy (non-hydrogen) atoms. The SMILES string of the molecule is C/C(=N/NC(=O)COc1cc(C)ccc1C)c1ccc(N)cc1. The highest BCUT2D eigenvalue weighted by molar-refractivity contribution is 5.99. The quantitative estimate of drug-likeness (QED) is 0.506. The lowest BCUT2D eigenvalue weighted by molar-refractivity contribution is -0.123. The van der Waals surface area contributed by atoms with E-state index in [1.165, 1.54) is 0 Å². The molecule has 5 nitrogen and oxygen atoms in total. The number of carbonyl (C=O) groups is 1. The van der Waals surface area contributed by atoms with Gasteiger partial charge in [-0.3, -0.25) is 4.79 Å². The molecule has 2 aromatic rings. The number of benzene rings is 2. The minimum atomic E-state index is -0.305. The van der Waals surface area contributed by atoms with Crippen molar-refractivity contribution in [1.29, 1.82) is 0 Å². The Bertz CT molecular complexity index is 722. The Hall–Kier alpha value is -2.82. The second-order valence-electron chi connectivity index (χ2n) is 5.41. The number of rotatable bonds is 5. The molecule has 0 aliphatic carbocycles. The second-order valence-corrected chi connectivity index (χ2v) is 5.41. The maximum Gasteiger partial charge on any atom is 0.277 e. The topological polar surface area (TPSA) is 76.7 Å². The zero-order valence-corrected chi connectivity index (χ0v) is 13.6. The zero-order valence-electron chi connectivity index (χ0n) is 13.6. The standard InChI is InChI=1S/C18H21N3O2/c1-12-4-5-13(2)17(10-12)23-11-18(22)21-20-14(3)15-6-8-16(19)9-7-15/h4-10H,11,19H2,1-3H3,(H,21,22)/b20-14-. The molecule has 0 aliphatic rings. The summed E-state index contributed by atoms with van der Waals surface area (Å²) in [4.78, 5) is 11.8. The molecule has 0 heterocycles. The molecule has 0 atom stereocenters. The zero-order chi connectivity index (χ0) is 16.8. The summed E-state index contributed by atoms with van der Waals surface area (Å²) in [5.41, 5.74) is 12.5. The molecule has 0 fully saturated rings. The highest BCUT2D eigenvalue weighted by Crippen LogP contribution is 2.18. The van der Waals surface area contributed by atoms with Crippen molar-refractivity contribution in [3.8, 4) is 5.75 Å². The largest absolute Gasteiger partial charge is 0.483 e. The van der Waals surface area contributed by atoms with E-state index in [2.05, 4.69) is 10.5 Å². The van der Waals surface area contributed by atoms with E-state index in [1.54, 1.807) is 12.1 Å². The number of carbonyl (C=O) groups excluding carboxylic acids is 1. The van der Waals surface area contributed by atoms with Crippen LogP contribution in [0.4, 0.5) is 5.69 Å². The summed E-state index contributed by atoms with van der Waals surface area (Å²) in [6.07, 6.45) is 0. The molecule has 120 valence electrons. The van der Waals surface area contributed by atoms with Crippen LogP contribution in [0.15, 0.2) is 47.6 Å². The number of nitrogens with one attached hydrogen (secondary N) is 1. The molecule has 2 rings (SSSR count). The van der Waals surface area contributed by atoms with Crippen LogP contribution in [-0.4, -0.2) is 18.2 Å². The van der Waals surface area contributed by atoms with Crippen LogP contribution in [-0.2, 0) is 4.79 Å². The first-order valence-electron chi connectivity index (χ1n) is 7.35. The summed E-state index contributed by atoms with van der Waals surface area (Å²) >= 11 is 0. The number of ether oxygens (including phenoxy) is 1. The van der Waals surface area contributed by atoms with Crippen LogP contribution in [0.2, 0.25) is 0 Å². The minimum absolute atomic E-state index is 0.0805. The summed E-state index contributed by atoms with van der Waals surface area (Å²) < 4.78 is 5.54. The van der Waals surface area contributed by atoms with Crippen molar-refractivity contribution in [1.82, 2.24) is 5.43 Å². The first-order valence-corrected chi connectivity index (χ1v) is 7.35. The number of nitrogen functional groups attached to an aromatic ring is 1. The van der Waals surface area contributed by atoms with E-state index in [9.17, 15) is 4.79 Å². The Morgan fingerprint density at radius 3 is 2.57 bits per heavy atom. The molecule has 0 aliphatic heterocycles. The van der Waals surface area contributed by atoms with Crippen molar-refractivity contribution < 1.29 is 9.53 Å². The van der Waals surface area contributed by atoms with E-state index >= 15 is 0 Å². The Balaban J connectivity index is 1.90. The fourth-order valence-corrected chi connectivity index (χ4v) is 1.97. The fraction of sp³-hybridized carbons (Fsp3) is 0.222. The molecular formula is C18H21N3O2. The van der Waals surface area contributed by atoms with Gasteiger partial charge < -0.3 is 10.5 Å². The van der Waals surface area contributed by atoms with Gasteiger partial charge in [0.2, 0.25) is 0 Å². The van der Waals surface area contributed by atoms with Gasteiger partial charge >= 0.3 is 0 Å². The van der Waals surface area contributed by atoms with Gasteiger partial charge in [-0.05, 0) is 55.7 Å². The number of amides is 1. The number of nitrogens with zero attached hydrogens (tertiary/aromatic N) is 1. The van der Waals surface area contributed by atoms with Gasteiger partial charge in [-0.2, -0.15) is 5.10 Å². The van der Waals surface area contributed by atoms with Gasteiger partial charge in [0.1, 0.15) is 5.75 Å². The van der Waals surface area contributed by atoms with Crippen molar-refractivity contribution >= 4 is 17.3 Å². The van der Waals surface area contributed by atoms with Crippen molar-refractivity contribution in [3.05, 3.63) is 59.2 Å². The molecule has 5 heteroatoms. The number of hydrazone groups is 1. The molecule has 2 aromatic carbocycles. The first-order chi connectivity index (χ1) is 11.0. The van der Waals surface area contributed by atoms with Gasteiger partial charge in [0.25, 0.3) is 5.91 Å². The maximum absolute atomic E-state index is 11.8. The Morgan fingerprint density at radius 1 is 1.17 bits per heavy atom. The predicted octanol–water partition coefficient (Wildman–Crippen LogP) is 2.80. The van der Waals surface area contributed by atoms with Crippen molar-refractivity contribution in [2.45, 2.75) is 20.8 Å². The van der Waals surface area contributed by atoms with Crippen LogP contribution in [0.1, 0.15) is 23.6 Å². The molecule has 1 amide bonds. The minimum Gasteiger partial charge on any atom is -0.483 e. The van der Waals surface area contributed by atoms with Crippen LogP contribution in [0.25, 0.3) is 0 Å². The third-order valence-electron chi connectivity index (χ3n) is 3.38. The monoisotopic (exact) mass is 311 g/mol. The predicted molar refractivity (Wildman–Crippen MR) is 92.6 cm³/mol. The number of nitrogens with two attached hydrogens (primary N) is 1. The van der Waals surface area contributed by atoms with Crippen LogP contribution in [0, 0.1) is 13.8 Å². The van der Waals surface area contributed by atoms with Gasteiger partial charge in [0.15, 0.2) is 6.61 Å².